The van der Waals surface area contributed by atoms with Gasteiger partial charge < -0.3 is 15.0 Å². The van der Waals surface area contributed by atoms with Crippen molar-refractivity contribution in [3.63, 3.8) is 0 Å². The molecule has 0 unspecified atom stereocenters. The average Bonchev–Trinajstić information content (AvgIpc) is 2.68. The van der Waals surface area contributed by atoms with E-state index in [1.54, 1.807) is 6.07 Å². The maximum atomic E-state index is 13.4. The Bertz CT molecular complexity index is 1090. The fraction of sp³-hybridized carbons (Fsp3) is 0.300. The van der Waals surface area contributed by atoms with E-state index in [0.717, 1.165) is 26.1 Å². The van der Waals surface area contributed by atoms with E-state index >= 15 is 0 Å². The van der Waals surface area contributed by atoms with E-state index in [-0.39, 0.29) is 16.5 Å². The van der Waals surface area contributed by atoms with Crippen LogP contribution in [0.3, 0.4) is 0 Å². The highest BCUT2D eigenvalue weighted by Crippen LogP contribution is 2.35. The highest BCUT2D eigenvalue weighted by molar-refractivity contribution is 6.31. The first-order valence-corrected chi connectivity index (χ1v) is 9.89. The Morgan fingerprint density at radius 1 is 1.27 bits per heavy atom. The number of nitrogens with zero attached hydrogens (tertiary/aromatic N) is 4. The minimum absolute atomic E-state index is 0.0433. The molecule has 0 atom stereocenters. The molecule has 1 aromatic heterocycles. The van der Waals surface area contributed by atoms with Gasteiger partial charge in [0.05, 0.1) is 27.5 Å². The van der Waals surface area contributed by atoms with E-state index in [1.165, 1.54) is 37.0 Å². The predicted molar refractivity (Wildman–Crippen MR) is 112 cm³/mol. The Kier molecular flexibility index (Phi) is 5.91. The summed E-state index contributed by atoms with van der Waals surface area (Å²) in [6, 6.07) is 7.06. The van der Waals surface area contributed by atoms with Gasteiger partial charge in [0.15, 0.2) is 5.75 Å². The molecule has 0 aliphatic carbocycles. The summed E-state index contributed by atoms with van der Waals surface area (Å²) >= 11 is 5.82. The summed E-state index contributed by atoms with van der Waals surface area (Å²) < 4.78 is 19.1. The molecule has 8 nitrogen and oxygen atoms in total. The zero-order valence-electron chi connectivity index (χ0n) is 16.0. The molecule has 2 heterocycles. The number of nitro benzene ring substituents is 1. The minimum atomic E-state index is -0.540. The molecular formula is C20H19ClFN5O3. The van der Waals surface area contributed by atoms with Crippen LogP contribution in [0.2, 0.25) is 5.02 Å². The van der Waals surface area contributed by atoms with Gasteiger partial charge >= 0.3 is 5.69 Å². The summed E-state index contributed by atoms with van der Waals surface area (Å²) in [4.78, 5) is 21.8. The van der Waals surface area contributed by atoms with Crippen LogP contribution in [0.25, 0.3) is 10.9 Å². The van der Waals surface area contributed by atoms with Gasteiger partial charge in [0.25, 0.3) is 0 Å². The van der Waals surface area contributed by atoms with E-state index in [2.05, 4.69) is 20.2 Å². The van der Waals surface area contributed by atoms with Crippen molar-refractivity contribution in [3.8, 4) is 5.75 Å². The zero-order chi connectivity index (χ0) is 21.1. The maximum absolute atomic E-state index is 13.4. The first-order valence-electron chi connectivity index (χ1n) is 9.51. The molecule has 1 aliphatic heterocycles. The number of nitro groups is 1. The Hall–Kier alpha value is -3.04. The summed E-state index contributed by atoms with van der Waals surface area (Å²) in [6.07, 6.45) is 3.35. The predicted octanol–water partition coefficient (Wildman–Crippen LogP) is 4.55. The van der Waals surface area contributed by atoms with E-state index in [0.29, 0.717) is 29.0 Å². The third kappa shape index (κ3) is 4.42. The third-order valence-corrected chi connectivity index (χ3v) is 5.21. The minimum Gasteiger partial charge on any atom is -0.487 e. The summed E-state index contributed by atoms with van der Waals surface area (Å²) in [6.45, 7) is 3.50. The number of anilines is 2. The molecule has 10 heteroatoms. The molecule has 4 rings (SSSR count). The number of hydrogen-bond donors (Lipinski definition) is 1. The van der Waals surface area contributed by atoms with Gasteiger partial charge in [0.1, 0.15) is 18.0 Å². The van der Waals surface area contributed by atoms with Crippen LogP contribution < -0.4 is 10.1 Å². The molecule has 0 amide bonds. The standard InChI is InChI=1S/C20H19ClFN5O3/c21-15-9-13(3-4-16(15)22)25-20-14-10-18(27(28)29)19(11-17(14)23-12-24-20)30-8-2-7-26-5-1-6-26/h3-4,9-12H,1-2,5-8H2,(H,23,24,25). The number of ether oxygens (including phenoxy) is 1. The zero-order valence-corrected chi connectivity index (χ0v) is 16.7. The van der Waals surface area contributed by atoms with E-state index in [9.17, 15) is 14.5 Å². The second-order valence-electron chi connectivity index (χ2n) is 6.97. The van der Waals surface area contributed by atoms with Crippen LogP contribution in [0.15, 0.2) is 36.7 Å². The smallest absolute Gasteiger partial charge is 0.311 e. The lowest BCUT2D eigenvalue weighted by Gasteiger charge is -2.30. The van der Waals surface area contributed by atoms with Crippen LogP contribution in [0.4, 0.5) is 21.6 Å². The van der Waals surface area contributed by atoms with Crippen molar-refractivity contribution in [2.75, 3.05) is 31.6 Å². The van der Waals surface area contributed by atoms with Crippen LogP contribution in [0.1, 0.15) is 12.8 Å². The Morgan fingerprint density at radius 3 is 2.80 bits per heavy atom. The van der Waals surface area contributed by atoms with E-state index < -0.39 is 10.7 Å². The number of rotatable bonds is 8. The largest absolute Gasteiger partial charge is 0.487 e. The van der Waals surface area contributed by atoms with Crippen LogP contribution in [0, 0.1) is 15.9 Å². The number of nitrogens with one attached hydrogen (secondary N) is 1. The van der Waals surface area contributed by atoms with Gasteiger partial charge in [0, 0.05) is 24.4 Å². The van der Waals surface area contributed by atoms with Gasteiger partial charge in [0.2, 0.25) is 0 Å². The molecular weight excluding hydrogens is 413 g/mol. The molecule has 30 heavy (non-hydrogen) atoms. The molecule has 1 N–H and O–H groups in total. The number of fused-ring (bicyclic) bond motifs is 1. The van der Waals surface area contributed by atoms with Gasteiger partial charge in [-0.25, -0.2) is 14.4 Å². The van der Waals surface area contributed by atoms with Crippen molar-refractivity contribution in [1.29, 1.82) is 0 Å². The average molecular weight is 432 g/mol. The summed E-state index contributed by atoms with van der Waals surface area (Å²) in [5.41, 5.74) is 0.820. The second kappa shape index (κ2) is 8.76. The molecule has 3 aromatic rings. The van der Waals surface area contributed by atoms with Crippen LogP contribution in [-0.2, 0) is 0 Å². The molecule has 2 aromatic carbocycles. The lowest BCUT2D eigenvalue weighted by Crippen LogP contribution is -2.38. The van der Waals surface area contributed by atoms with Crippen LogP contribution in [-0.4, -0.2) is 46.0 Å². The van der Waals surface area contributed by atoms with Gasteiger partial charge in [-0.15, -0.1) is 0 Å². The Morgan fingerprint density at radius 2 is 2.10 bits per heavy atom. The van der Waals surface area contributed by atoms with Gasteiger partial charge in [-0.1, -0.05) is 11.6 Å². The van der Waals surface area contributed by atoms with Crippen LogP contribution in [0.5, 0.6) is 5.75 Å². The van der Waals surface area contributed by atoms with Crippen molar-refractivity contribution in [2.24, 2.45) is 0 Å². The van der Waals surface area contributed by atoms with Gasteiger partial charge in [-0.05, 0) is 44.1 Å². The monoisotopic (exact) mass is 431 g/mol. The number of likely N-dealkylation sites (tertiary alicyclic amines) is 1. The summed E-state index contributed by atoms with van der Waals surface area (Å²) in [5, 5.41) is 15.0. The van der Waals surface area contributed by atoms with Gasteiger partial charge in [-0.2, -0.15) is 0 Å². The number of aromatic nitrogens is 2. The molecule has 1 fully saturated rings. The van der Waals surface area contributed by atoms with Crippen molar-refractivity contribution in [1.82, 2.24) is 14.9 Å². The molecule has 0 bridgehead atoms. The molecule has 0 saturated carbocycles. The van der Waals surface area contributed by atoms with Crippen molar-refractivity contribution in [3.05, 3.63) is 57.6 Å². The van der Waals surface area contributed by atoms with Crippen molar-refractivity contribution >= 4 is 39.7 Å². The number of hydrogen-bond acceptors (Lipinski definition) is 7. The first-order chi connectivity index (χ1) is 14.5. The SMILES string of the molecule is O=[N+]([O-])c1cc2c(Nc3ccc(F)c(Cl)c3)ncnc2cc1OCCCN1CCC1. The number of benzene rings is 2. The summed E-state index contributed by atoms with van der Waals surface area (Å²) in [5.74, 6) is -0.0259. The lowest BCUT2D eigenvalue weighted by atomic mass is 10.2. The molecule has 1 aliphatic rings. The van der Waals surface area contributed by atoms with Crippen LogP contribution >= 0.6 is 11.6 Å². The second-order valence-corrected chi connectivity index (χ2v) is 7.37. The summed E-state index contributed by atoms with van der Waals surface area (Å²) in [7, 11) is 0. The quantitative estimate of drug-likeness (QED) is 0.317. The highest BCUT2D eigenvalue weighted by Gasteiger charge is 2.20. The third-order valence-electron chi connectivity index (χ3n) is 4.92. The van der Waals surface area contributed by atoms with Crippen molar-refractivity contribution < 1.29 is 14.1 Å². The fourth-order valence-corrected chi connectivity index (χ4v) is 3.40. The fourth-order valence-electron chi connectivity index (χ4n) is 3.22. The number of halogens is 2. The molecule has 156 valence electrons. The first kappa shape index (κ1) is 20.2. The maximum Gasteiger partial charge on any atom is 0.311 e. The molecule has 0 radical (unpaired) electrons. The van der Waals surface area contributed by atoms with Crippen molar-refractivity contribution in [2.45, 2.75) is 12.8 Å². The van der Waals surface area contributed by atoms with E-state index in [1.807, 2.05) is 0 Å². The van der Waals surface area contributed by atoms with Gasteiger partial charge in [-0.3, -0.25) is 10.1 Å². The van der Waals surface area contributed by atoms with E-state index in [4.69, 9.17) is 16.3 Å². The Balaban J connectivity index is 1.59. The molecule has 1 saturated heterocycles. The molecule has 0 spiro atoms. The topological polar surface area (TPSA) is 93.4 Å². The normalized spacial score (nSPS) is 13.8. The lowest BCUT2D eigenvalue weighted by molar-refractivity contribution is -0.385. The highest BCUT2D eigenvalue weighted by atomic mass is 35.5. The Labute approximate surface area is 176 Å².